The van der Waals surface area contributed by atoms with Crippen molar-refractivity contribution in [1.82, 2.24) is 19.6 Å². The van der Waals surface area contributed by atoms with Gasteiger partial charge in [-0.05, 0) is 6.42 Å². The van der Waals surface area contributed by atoms with Crippen molar-refractivity contribution < 1.29 is 13.2 Å². The van der Waals surface area contributed by atoms with Crippen LogP contribution in [0.15, 0.2) is 17.3 Å². The molecule has 1 saturated heterocycles. The third-order valence-corrected chi connectivity index (χ3v) is 4.42. The maximum atomic E-state index is 12.3. The predicted octanol–water partition coefficient (Wildman–Crippen LogP) is -1.73. The molecule has 10 heteroatoms. The van der Waals surface area contributed by atoms with E-state index >= 15 is 0 Å². The molecular formula is C9H14N6O3S. The topological polar surface area (TPSA) is 130 Å². The second-order valence-electron chi connectivity index (χ2n) is 3.93. The molecule has 0 saturated carbocycles. The van der Waals surface area contributed by atoms with Gasteiger partial charge in [0.1, 0.15) is 4.90 Å². The highest BCUT2D eigenvalue weighted by atomic mass is 32.2. The summed E-state index contributed by atoms with van der Waals surface area (Å²) in [6.07, 6.45) is 2.87. The summed E-state index contributed by atoms with van der Waals surface area (Å²) in [6.45, 7) is 0.550. The molecule has 1 aliphatic heterocycles. The van der Waals surface area contributed by atoms with Crippen molar-refractivity contribution in [3.05, 3.63) is 12.4 Å². The van der Waals surface area contributed by atoms with Crippen LogP contribution in [0.5, 0.6) is 0 Å². The zero-order valence-electron chi connectivity index (χ0n) is 10.0. The quantitative estimate of drug-likeness (QED) is 0.444. The first kappa shape index (κ1) is 13.6. The number of hydrogen-bond acceptors (Lipinski definition) is 7. The van der Waals surface area contributed by atoms with Crippen molar-refractivity contribution in [3.63, 3.8) is 0 Å². The normalized spacial score (nSPS) is 17.6. The van der Waals surface area contributed by atoms with Gasteiger partial charge in [0.05, 0.1) is 18.9 Å². The van der Waals surface area contributed by atoms with Crippen molar-refractivity contribution in [2.45, 2.75) is 11.3 Å². The van der Waals surface area contributed by atoms with E-state index in [1.807, 2.05) is 0 Å². The van der Waals surface area contributed by atoms with Gasteiger partial charge in [-0.15, -0.1) is 0 Å². The lowest BCUT2D eigenvalue weighted by molar-refractivity contribution is -0.120. The number of nitrogen functional groups attached to an aromatic ring is 1. The Morgan fingerprint density at radius 3 is 2.68 bits per heavy atom. The lowest BCUT2D eigenvalue weighted by atomic mass is 10.4. The van der Waals surface area contributed by atoms with Gasteiger partial charge in [-0.3, -0.25) is 10.2 Å². The smallest absolute Gasteiger partial charge is 0.246 e. The van der Waals surface area contributed by atoms with Crippen LogP contribution in [0.1, 0.15) is 6.42 Å². The van der Waals surface area contributed by atoms with Crippen molar-refractivity contribution in [1.29, 1.82) is 0 Å². The second-order valence-corrected chi connectivity index (χ2v) is 5.87. The Kier molecular flexibility index (Phi) is 3.93. The van der Waals surface area contributed by atoms with Crippen molar-refractivity contribution >= 4 is 21.9 Å². The maximum Gasteiger partial charge on any atom is 0.246 e. The first-order chi connectivity index (χ1) is 9.04. The Balaban J connectivity index is 2.26. The summed E-state index contributed by atoms with van der Waals surface area (Å²) in [5.41, 5.74) is 2.21. The van der Waals surface area contributed by atoms with Crippen molar-refractivity contribution in [2.24, 2.45) is 5.84 Å². The van der Waals surface area contributed by atoms with Gasteiger partial charge in [0.25, 0.3) is 0 Å². The molecule has 1 aromatic heterocycles. The number of carbonyl (C=O) groups is 1. The van der Waals surface area contributed by atoms with E-state index in [0.29, 0.717) is 13.0 Å². The van der Waals surface area contributed by atoms with Gasteiger partial charge < -0.3 is 5.32 Å². The van der Waals surface area contributed by atoms with Crippen LogP contribution in [0.3, 0.4) is 0 Å². The molecule has 104 valence electrons. The van der Waals surface area contributed by atoms with Gasteiger partial charge in [0, 0.05) is 13.1 Å². The number of nitrogens with zero attached hydrogens (tertiary/aromatic N) is 3. The Labute approximate surface area is 110 Å². The molecular weight excluding hydrogens is 272 g/mol. The summed E-state index contributed by atoms with van der Waals surface area (Å²) >= 11 is 0. The predicted molar refractivity (Wildman–Crippen MR) is 66.2 cm³/mol. The molecule has 0 bridgehead atoms. The maximum absolute atomic E-state index is 12.3. The number of rotatable bonds is 3. The first-order valence-electron chi connectivity index (χ1n) is 5.59. The third-order valence-electron chi connectivity index (χ3n) is 2.62. The van der Waals surface area contributed by atoms with Crippen molar-refractivity contribution in [3.8, 4) is 0 Å². The van der Waals surface area contributed by atoms with Crippen LogP contribution in [0.25, 0.3) is 0 Å². The number of anilines is 1. The molecule has 1 aliphatic rings. The number of carbonyl (C=O) groups excluding carboxylic acids is 1. The van der Waals surface area contributed by atoms with Crippen molar-refractivity contribution in [2.75, 3.05) is 25.1 Å². The van der Waals surface area contributed by atoms with Crippen LogP contribution >= 0.6 is 0 Å². The molecule has 1 fully saturated rings. The number of sulfonamides is 1. The lowest BCUT2D eigenvalue weighted by Gasteiger charge is -2.18. The molecule has 2 heterocycles. The monoisotopic (exact) mass is 286 g/mol. The van der Waals surface area contributed by atoms with Gasteiger partial charge >= 0.3 is 0 Å². The number of nitrogens with one attached hydrogen (secondary N) is 2. The van der Waals surface area contributed by atoms with Crippen LogP contribution in [0.4, 0.5) is 5.95 Å². The number of hydrazine groups is 1. The lowest BCUT2D eigenvalue weighted by Crippen LogP contribution is -2.37. The summed E-state index contributed by atoms with van der Waals surface area (Å²) in [5, 5.41) is 2.61. The second kappa shape index (κ2) is 5.47. The zero-order chi connectivity index (χ0) is 13.9. The average molecular weight is 286 g/mol. The van der Waals surface area contributed by atoms with E-state index in [2.05, 4.69) is 20.7 Å². The number of hydrogen-bond donors (Lipinski definition) is 3. The minimum atomic E-state index is -3.76. The largest absolute Gasteiger partial charge is 0.355 e. The molecule has 1 aromatic rings. The molecule has 0 aromatic carbocycles. The van der Waals surface area contributed by atoms with Crippen LogP contribution in [0, 0.1) is 0 Å². The van der Waals surface area contributed by atoms with Gasteiger partial charge in [-0.25, -0.2) is 24.2 Å². The average Bonchev–Trinajstić information content (AvgIpc) is 2.64. The summed E-state index contributed by atoms with van der Waals surface area (Å²) in [5.74, 6) is 4.90. The fraction of sp³-hybridized carbons (Fsp3) is 0.444. The standard InChI is InChI=1S/C9H14N6O3S/c10-14-9-12-4-7(5-13-9)19(17,18)15-3-1-2-11-8(16)6-15/h4-5H,1-3,6,10H2,(H,11,16)(H,12,13,14). The molecule has 1 amide bonds. The molecule has 2 rings (SSSR count). The van der Waals surface area contributed by atoms with E-state index in [4.69, 9.17) is 5.84 Å². The highest BCUT2D eigenvalue weighted by Crippen LogP contribution is 2.15. The van der Waals surface area contributed by atoms with Crippen LogP contribution in [-0.2, 0) is 14.8 Å². The highest BCUT2D eigenvalue weighted by Gasteiger charge is 2.28. The first-order valence-corrected chi connectivity index (χ1v) is 7.03. The van der Waals surface area contributed by atoms with Crippen LogP contribution in [0.2, 0.25) is 0 Å². The summed E-state index contributed by atoms with van der Waals surface area (Å²) < 4.78 is 25.7. The van der Waals surface area contributed by atoms with Gasteiger partial charge in [-0.2, -0.15) is 4.31 Å². The van der Waals surface area contributed by atoms with Crippen LogP contribution in [-0.4, -0.2) is 48.2 Å². The Bertz CT molecular complexity index is 558. The molecule has 0 atom stereocenters. The Hall–Kier alpha value is -1.78. The Morgan fingerprint density at radius 1 is 1.37 bits per heavy atom. The fourth-order valence-electron chi connectivity index (χ4n) is 1.66. The SMILES string of the molecule is NNc1ncc(S(=O)(=O)N2CCCNC(=O)C2)cn1. The third kappa shape index (κ3) is 2.97. The number of amides is 1. The Morgan fingerprint density at radius 2 is 2.05 bits per heavy atom. The van der Waals surface area contributed by atoms with E-state index < -0.39 is 10.0 Å². The molecule has 19 heavy (non-hydrogen) atoms. The van der Waals surface area contributed by atoms with E-state index in [1.165, 1.54) is 0 Å². The zero-order valence-corrected chi connectivity index (χ0v) is 10.9. The van der Waals surface area contributed by atoms with Gasteiger partial charge in [-0.1, -0.05) is 0 Å². The summed E-state index contributed by atoms with van der Waals surface area (Å²) in [6, 6.07) is 0. The molecule has 0 unspecified atom stereocenters. The highest BCUT2D eigenvalue weighted by molar-refractivity contribution is 7.89. The van der Waals surface area contributed by atoms with E-state index in [-0.39, 0.29) is 29.8 Å². The molecule has 4 N–H and O–H groups in total. The van der Waals surface area contributed by atoms with Crippen LogP contribution < -0.4 is 16.6 Å². The van der Waals surface area contributed by atoms with E-state index in [9.17, 15) is 13.2 Å². The van der Waals surface area contributed by atoms with Gasteiger partial charge in [0.2, 0.25) is 21.9 Å². The van der Waals surface area contributed by atoms with Gasteiger partial charge in [0.15, 0.2) is 0 Å². The molecule has 0 radical (unpaired) electrons. The van der Waals surface area contributed by atoms with E-state index in [1.54, 1.807) is 0 Å². The minimum absolute atomic E-state index is 0.0683. The van der Waals surface area contributed by atoms with E-state index in [0.717, 1.165) is 16.7 Å². The molecule has 0 aliphatic carbocycles. The molecule has 0 spiro atoms. The molecule has 9 nitrogen and oxygen atoms in total. The fourth-order valence-corrected chi connectivity index (χ4v) is 2.98. The minimum Gasteiger partial charge on any atom is -0.355 e. The number of nitrogens with two attached hydrogens (primary N) is 1. The number of aromatic nitrogens is 2. The summed E-state index contributed by atoms with van der Waals surface area (Å²) in [7, 11) is -3.76. The summed E-state index contributed by atoms with van der Waals surface area (Å²) in [4.78, 5) is 18.8.